The molecule has 1 fully saturated rings. The van der Waals surface area contributed by atoms with Crippen LogP contribution in [0.1, 0.15) is 44.9 Å². The van der Waals surface area contributed by atoms with E-state index in [4.69, 9.17) is 10.2 Å². The van der Waals surface area contributed by atoms with Gasteiger partial charge in [-0.2, -0.15) is 0 Å². The van der Waals surface area contributed by atoms with Crippen molar-refractivity contribution in [3.8, 4) is 0 Å². The Morgan fingerprint density at radius 3 is 2.76 bits per heavy atom. The Bertz CT molecular complexity index is 317. The van der Waals surface area contributed by atoms with Crippen molar-refractivity contribution in [2.75, 3.05) is 13.1 Å². The summed E-state index contributed by atoms with van der Waals surface area (Å²) in [6.07, 6.45) is 5.66. The van der Waals surface area contributed by atoms with Crippen LogP contribution in [0.4, 0.5) is 0 Å². The van der Waals surface area contributed by atoms with E-state index in [-0.39, 0.29) is 12.1 Å². The molecule has 0 spiro atoms. The van der Waals surface area contributed by atoms with Gasteiger partial charge in [0.2, 0.25) is 0 Å². The summed E-state index contributed by atoms with van der Waals surface area (Å²) in [5, 5.41) is 0. The van der Waals surface area contributed by atoms with Gasteiger partial charge in [0.1, 0.15) is 5.76 Å². The van der Waals surface area contributed by atoms with E-state index < -0.39 is 0 Å². The van der Waals surface area contributed by atoms with Crippen LogP contribution in [0, 0.1) is 5.92 Å². The smallest absolute Gasteiger partial charge is 0.122 e. The minimum atomic E-state index is 0.103. The molecule has 1 saturated carbocycles. The molecule has 0 aromatic carbocycles. The van der Waals surface area contributed by atoms with Gasteiger partial charge in [-0.1, -0.05) is 6.92 Å². The van der Waals surface area contributed by atoms with Crippen LogP contribution < -0.4 is 5.73 Å². The lowest BCUT2D eigenvalue weighted by Gasteiger charge is -2.32. The molecule has 0 bridgehead atoms. The predicted octanol–water partition coefficient (Wildman–Crippen LogP) is 2.79. The highest BCUT2D eigenvalue weighted by Crippen LogP contribution is 2.33. The molecule has 3 heteroatoms. The molecule has 1 aliphatic rings. The molecule has 1 aliphatic carbocycles. The van der Waals surface area contributed by atoms with E-state index in [1.165, 1.54) is 19.4 Å². The summed E-state index contributed by atoms with van der Waals surface area (Å²) in [6.45, 7) is 6.56. The lowest BCUT2D eigenvalue weighted by Crippen LogP contribution is -2.40. The first-order valence-electron chi connectivity index (χ1n) is 6.75. The van der Waals surface area contributed by atoms with Crippen LogP contribution in [0.25, 0.3) is 0 Å². The highest BCUT2D eigenvalue weighted by atomic mass is 16.3. The number of nitrogens with zero attached hydrogens (tertiary/aromatic N) is 1. The Morgan fingerprint density at radius 2 is 2.29 bits per heavy atom. The third-order valence-electron chi connectivity index (χ3n) is 3.43. The zero-order chi connectivity index (χ0) is 12.3. The molecule has 2 rings (SSSR count). The van der Waals surface area contributed by atoms with Gasteiger partial charge in [-0.05, 0) is 50.8 Å². The van der Waals surface area contributed by atoms with Crippen molar-refractivity contribution in [3.05, 3.63) is 24.2 Å². The van der Waals surface area contributed by atoms with Gasteiger partial charge in [0.15, 0.2) is 0 Å². The van der Waals surface area contributed by atoms with Crippen molar-refractivity contribution < 1.29 is 4.42 Å². The molecule has 96 valence electrons. The Hall–Kier alpha value is -0.800. The van der Waals surface area contributed by atoms with Crippen LogP contribution in [0.5, 0.6) is 0 Å². The Kier molecular flexibility index (Phi) is 4.24. The van der Waals surface area contributed by atoms with Crippen molar-refractivity contribution in [2.45, 2.75) is 45.2 Å². The minimum absolute atomic E-state index is 0.103. The summed E-state index contributed by atoms with van der Waals surface area (Å²) in [4.78, 5) is 2.50. The minimum Gasteiger partial charge on any atom is -0.468 e. The third kappa shape index (κ3) is 3.33. The Labute approximate surface area is 104 Å². The van der Waals surface area contributed by atoms with E-state index in [0.717, 1.165) is 24.6 Å². The van der Waals surface area contributed by atoms with E-state index in [2.05, 4.69) is 18.7 Å². The Morgan fingerprint density at radius 1 is 1.53 bits per heavy atom. The maximum atomic E-state index is 6.15. The molecule has 2 N–H and O–H groups in total. The van der Waals surface area contributed by atoms with E-state index in [9.17, 15) is 0 Å². The monoisotopic (exact) mass is 236 g/mol. The van der Waals surface area contributed by atoms with Crippen LogP contribution in [0.3, 0.4) is 0 Å². The maximum Gasteiger partial charge on any atom is 0.122 e. The van der Waals surface area contributed by atoms with Gasteiger partial charge in [-0.15, -0.1) is 0 Å². The van der Waals surface area contributed by atoms with E-state index in [0.29, 0.717) is 0 Å². The quantitative estimate of drug-likeness (QED) is 0.791. The first-order valence-corrected chi connectivity index (χ1v) is 6.75. The van der Waals surface area contributed by atoms with Crippen molar-refractivity contribution in [3.63, 3.8) is 0 Å². The van der Waals surface area contributed by atoms with Gasteiger partial charge in [0.05, 0.1) is 12.3 Å². The van der Waals surface area contributed by atoms with Crippen LogP contribution in [0.15, 0.2) is 22.8 Å². The molecule has 0 saturated heterocycles. The molecule has 2 unspecified atom stereocenters. The lowest BCUT2D eigenvalue weighted by atomic mass is 10.1. The molecule has 1 heterocycles. The maximum absolute atomic E-state index is 6.15. The summed E-state index contributed by atoms with van der Waals surface area (Å²) >= 11 is 0. The second-order valence-corrected chi connectivity index (χ2v) is 5.26. The van der Waals surface area contributed by atoms with Crippen LogP contribution in [-0.4, -0.2) is 24.0 Å². The van der Waals surface area contributed by atoms with Crippen molar-refractivity contribution in [2.24, 2.45) is 11.7 Å². The molecule has 2 atom stereocenters. The topological polar surface area (TPSA) is 42.4 Å². The van der Waals surface area contributed by atoms with Gasteiger partial charge < -0.3 is 10.2 Å². The second-order valence-electron chi connectivity index (χ2n) is 5.26. The number of rotatable bonds is 7. The van der Waals surface area contributed by atoms with E-state index in [1.54, 1.807) is 6.26 Å². The van der Waals surface area contributed by atoms with Crippen LogP contribution in [-0.2, 0) is 0 Å². The summed E-state index contributed by atoms with van der Waals surface area (Å²) < 4.78 is 5.56. The fourth-order valence-corrected chi connectivity index (χ4v) is 2.49. The fraction of sp³-hybridized carbons (Fsp3) is 0.714. The largest absolute Gasteiger partial charge is 0.468 e. The van der Waals surface area contributed by atoms with Crippen molar-refractivity contribution >= 4 is 0 Å². The molecule has 17 heavy (non-hydrogen) atoms. The lowest BCUT2D eigenvalue weighted by molar-refractivity contribution is 0.148. The zero-order valence-corrected chi connectivity index (χ0v) is 10.9. The van der Waals surface area contributed by atoms with Crippen LogP contribution in [0.2, 0.25) is 0 Å². The number of nitrogens with two attached hydrogens (primary N) is 1. The standard InChI is InChI=1S/C14H24N2O/c1-3-8-16(10-12-6-7-12)14(11(2)15)13-5-4-9-17-13/h4-5,9,11-12,14H,3,6-8,10,15H2,1-2H3. The SMILES string of the molecule is CCCN(CC1CC1)C(c1ccco1)C(C)N. The number of hydrogen-bond donors (Lipinski definition) is 1. The molecule has 3 nitrogen and oxygen atoms in total. The normalized spacial score (nSPS) is 19.5. The fourth-order valence-electron chi connectivity index (χ4n) is 2.49. The predicted molar refractivity (Wildman–Crippen MR) is 69.7 cm³/mol. The molecule has 1 aromatic heterocycles. The number of furan rings is 1. The molecular formula is C14H24N2O. The average molecular weight is 236 g/mol. The first kappa shape index (κ1) is 12.7. The van der Waals surface area contributed by atoms with Gasteiger partial charge >= 0.3 is 0 Å². The van der Waals surface area contributed by atoms with Gasteiger partial charge in [-0.3, -0.25) is 4.90 Å². The zero-order valence-electron chi connectivity index (χ0n) is 10.9. The summed E-state index contributed by atoms with van der Waals surface area (Å²) in [7, 11) is 0. The van der Waals surface area contributed by atoms with Crippen molar-refractivity contribution in [1.29, 1.82) is 0 Å². The van der Waals surface area contributed by atoms with Gasteiger partial charge in [0, 0.05) is 12.6 Å². The Balaban J connectivity index is 2.10. The van der Waals surface area contributed by atoms with Gasteiger partial charge in [-0.25, -0.2) is 0 Å². The third-order valence-corrected chi connectivity index (χ3v) is 3.43. The molecular weight excluding hydrogens is 212 g/mol. The average Bonchev–Trinajstić information content (AvgIpc) is 2.93. The molecule has 0 aliphatic heterocycles. The second kappa shape index (κ2) is 5.69. The summed E-state index contributed by atoms with van der Waals surface area (Å²) in [5.41, 5.74) is 6.15. The molecule has 0 radical (unpaired) electrons. The summed E-state index contributed by atoms with van der Waals surface area (Å²) in [6, 6.07) is 4.33. The number of hydrogen-bond acceptors (Lipinski definition) is 3. The van der Waals surface area contributed by atoms with E-state index in [1.807, 2.05) is 12.1 Å². The molecule has 1 aromatic rings. The van der Waals surface area contributed by atoms with Crippen LogP contribution >= 0.6 is 0 Å². The van der Waals surface area contributed by atoms with Gasteiger partial charge in [0.25, 0.3) is 0 Å². The highest BCUT2D eigenvalue weighted by Gasteiger charge is 2.31. The van der Waals surface area contributed by atoms with Crippen molar-refractivity contribution in [1.82, 2.24) is 4.90 Å². The molecule has 0 amide bonds. The highest BCUT2D eigenvalue weighted by molar-refractivity contribution is 5.07. The van der Waals surface area contributed by atoms with E-state index >= 15 is 0 Å². The summed E-state index contributed by atoms with van der Waals surface area (Å²) in [5.74, 6) is 1.90. The first-order chi connectivity index (χ1) is 8.22.